The van der Waals surface area contributed by atoms with Crippen LogP contribution >= 0.6 is 0 Å². The molecule has 11 atom stereocenters. The molecule has 6 aromatic carbocycles. The number of ketones is 1. The van der Waals surface area contributed by atoms with Gasteiger partial charge in [-0.25, -0.2) is 25.8 Å². The van der Waals surface area contributed by atoms with E-state index < -0.39 is 94.9 Å². The van der Waals surface area contributed by atoms with E-state index in [0.717, 1.165) is 70.6 Å². The van der Waals surface area contributed by atoms with Crippen molar-refractivity contribution in [1.82, 2.24) is 0 Å². The quantitative estimate of drug-likeness (QED) is 0.0303. The van der Waals surface area contributed by atoms with Crippen molar-refractivity contribution < 1.29 is 91.9 Å². The van der Waals surface area contributed by atoms with Gasteiger partial charge < -0.3 is 37.9 Å². The lowest BCUT2D eigenvalue weighted by Crippen LogP contribution is -2.61. The van der Waals surface area contributed by atoms with E-state index in [1.165, 1.54) is 60.6 Å². The van der Waals surface area contributed by atoms with Crippen molar-refractivity contribution in [2.75, 3.05) is 18.1 Å². The Morgan fingerprint density at radius 1 is 0.562 bits per heavy atom. The molecule has 1 N–H and O–H groups in total. The maximum atomic E-state index is 12.4. The molecule has 25 heteroatoms. The van der Waals surface area contributed by atoms with Gasteiger partial charge in [0, 0.05) is 36.5 Å². The number of esters is 5. The van der Waals surface area contributed by atoms with Crippen LogP contribution in [0, 0.1) is 63.6 Å². The SMILES string of the molecule is CC1(C)C2CCC1(CS(=O)(=O)[O-])C(=O)C2.CCC(C)(C)C(=O)OC12CC3CC(CC(O)(C3)C1)C2.CCC(C)(C)C(=O)OC1CCOC1=O.CCC1(OC(=O)C(C)(C)CC)CCCCC1.Cc1ccc([S+](c2ccccc2)c2ccccc2)cc1.O=C(CS(=O)(=O)[O-])OC1C2CC3C1OS(=O)C3C2.c1ccc([S+](c2ccccc2)c2ccccc2)cc1. The van der Waals surface area contributed by atoms with Crippen LogP contribution in [-0.4, -0.2) is 129 Å². The van der Waals surface area contributed by atoms with Crippen molar-refractivity contribution in [3.8, 4) is 0 Å². The molecule has 17 rings (SSSR count). The minimum atomic E-state index is -4.63. The zero-order valence-corrected chi connectivity index (χ0v) is 76.7. The highest BCUT2D eigenvalue weighted by Gasteiger charge is 2.65. The van der Waals surface area contributed by atoms with Crippen LogP contribution in [0.3, 0.4) is 0 Å². The van der Waals surface area contributed by atoms with Crippen LogP contribution in [-0.2, 0) is 110 Å². The number of carbonyl (C=O) groups is 6. The first-order valence-corrected chi connectivity index (χ1v) is 49.8. The summed E-state index contributed by atoms with van der Waals surface area (Å²) in [5, 5.41) is 10.7. The summed E-state index contributed by atoms with van der Waals surface area (Å²) in [7, 11) is -8.99. The molecule has 2 heterocycles. The third-order valence-corrected chi connectivity index (χ3v) is 34.3. The number of Topliss-reactive ketones (excluding diaryl/α,β-unsaturated/α-hetero) is 1. The monoisotopic (exact) mass is 1760 g/mol. The van der Waals surface area contributed by atoms with Gasteiger partial charge in [0.2, 0.25) is 6.10 Å². The minimum Gasteiger partial charge on any atom is -0.748 e. The van der Waals surface area contributed by atoms with Crippen molar-refractivity contribution in [1.29, 1.82) is 0 Å². The molecule has 2 aliphatic heterocycles. The second-order valence-electron chi connectivity index (χ2n) is 37.1. The van der Waals surface area contributed by atoms with Crippen molar-refractivity contribution >= 4 is 88.7 Å². The number of ether oxygens (including phenoxy) is 5. The number of hydrogen-bond donors (Lipinski definition) is 1. The normalized spacial score (nSPS) is 27.2. The van der Waals surface area contributed by atoms with Gasteiger partial charge in [-0.2, -0.15) is 0 Å². The fourth-order valence-corrected chi connectivity index (χ4v) is 26.2. The zero-order valence-electron chi connectivity index (χ0n) is 72.7. The summed E-state index contributed by atoms with van der Waals surface area (Å²) in [6, 6.07) is 62.5. The number of cyclic esters (lactones) is 1. The van der Waals surface area contributed by atoms with Crippen molar-refractivity contribution in [2.45, 2.75) is 295 Å². The average molecular weight is 1760 g/mol. The highest BCUT2D eigenvalue weighted by atomic mass is 32.2. The van der Waals surface area contributed by atoms with E-state index in [0.29, 0.717) is 57.0 Å². The lowest BCUT2D eigenvalue weighted by atomic mass is 9.52. The molecule has 11 fully saturated rings. The van der Waals surface area contributed by atoms with Crippen molar-refractivity contribution in [3.05, 3.63) is 181 Å². The van der Waals surface area contributed by atoms with Gasteiger partial charge in [0.1, 0.15) is 45.1 Å². The third kappa shape index (κ3) is 24.3. The zero-order chi connectivity index (χ0) is 88.2. The van der Waals surface area contributed by atoms with Gasteiger partial charge in [-0.3, -0.25) is 28.2 Å². The standard InChI is InChI=1S/C19H17S.C18H15S.C16H26O3.C14H26O2.C10H16O4S.C10H16O4.C9H12O7S2/c1-16-12-14-19(15-13-16)20(17-8-4-2-5-9-17)18-10-6-3-7-11-18;1-4-10-16(11-5-1)19(17-12-6-2-7-13-17)18-14-8-3-9-15-18;1-4-14(2,3)13(17)19-16-8-11-5-12(9-16)7-15(18,6-11)10-16;1-5-13(3,4)12(15)16-14(6-2)10-8-7-9-11-14;1-9(2)7-3-4-10(9,8(11)5-7)6-15(12,13)14;1-4-10(2,3)9(12)14-7-5-6-13-8(7)11;10-7(3-18(12,13)14)15-8-4-1-5-6(2-4)17(11)16-9(5)8/h2-15H,1H3;1-15H;11-12,18H,4-10H2,1-3H3;5-11H2,1-4H3;7H,3-6H2,1-2H3,(H,12,13,14);7H,4-6H2,1-3H3;4-6,8-9H,1-3H2,(H,12,13,14)/q2*+1;;;;;/p-2. The summed E-state index contributed by atoms with van der Waals surface area (Å²) in [5.41, 5.74) is -2.25. The van der Waals surface area contributed by atoms with Gasteiger partial charge in [-0.15, -0.1) is 0 Å². The topological polar surface area (TPSA) is 309 Å². The largest absolute Gasteiger partial charge is 0.748 e. The summed E-state index contributed by atoms with van der Waals surface area (Å²) < 4.78 is 107. The Morgan fingerprint density at radius 2 is 1.01 bits per heavy atom. The van der Waals surface area contributed by atoms with E-state index in [9.17, 15) is 64.0 Å². The van der Waals surface area contributed by atoms with Crippen LogP contribution in [0.2, 0.25) is 0 Å². The molecule has 121 heavy (non-hydrogen) atoms. The molecular weight excluding hydrogens is 1630 g/mol. The first kappa shape index (κ1) is 96.1. The van der Waals surface area contributed by atoms with E-state index in [1.807, 2.05) is 62.3 Å². The van der Waals surface area contributed by atoms with E-state index >= 15 is 0 Å². The number of hydrogen-bond acceptors (Lipinski definition) is 20. The molecule has 0 radical (unpaired) electrons. The van der Waals surface area contributed by atoms with Crippen LogP contribution in [0.1, 0.15) is 223 Å². The Morgan fingerprint density at radius 3 is 1.40 bits per heavy atom. The van der Waals surface area contributed by atoms with E-state index in [-0.39, 0.29) is 90.5 Å². The molecule has 660 valence electrons. The van der Waals surface area contributed by atoms with Crippen LogP contribution < -0.4 is 0 Å². The first-order valence-electron chi connectivity index (χ1n) is 43.1. The van der Waals surface area contributed by atoms with E-state index in [4.69, 9.17) is 27.9 Å². The molecular formula is C96H126O20S5. The molecule has 0 amide bonds. The van der Waals surface area contributed by atoms with Crippen LogP contribution in [0.5, 0.6) is 0 Å². The second-order valence-corrected chi connectivity index (χ2v) is 45.3. The van der Waals surface area contributed by atoms with Crippen LogP contribution in [0.15, 0.2) is 205 Å². The van der Waals surface area contributed by atoms with Gasteiger partial charge >= 0.3 is 29.8 Å². The summed E-state index contributed by atoms with van der Waals surface area (Å²) in [4.78, 5) is 78.4. The van der Waals surface area contributed by atoms with Gasteiger partial charge in [0.15, 0.2) is 40.5 Å². The number of aliphatic hydroxyl groups is 1. The lowest BCUT2D eigenvalue weighted by molar-refractivity contribution is -0.225. The predicted molar refractivity (Wildman–Crippen MR) is 467 cm³/mol. The number of fused-ring (bicyclic) bond motifs is 3. The number of carbonyl (C=O) groups excluding carboxylic acids is 6. The van der Waals surface area contributed by atoms with E-state index in [1.54, 1.807) is 13.8 Å². The number of aryl methyl sites for hydroxylation is 1. The molecule has 11 aliphatic rings. The Hall–Kier alpha value is -7.07. The minimum absolute atomic E-state index is 0.0122. The molecule has 0 aromatic heterocycles. The summed E-state index contributed by atoms with van der Waals surface area (Å²) in [6.07, 6.45) is 16.9. The first-order chi connectivity index (χ1) is 57.0. The number of rotatable bonds is 21. The van der Waals surface area contributed by atoms with Gasteiger partial charge in [0.05, 0.1) is 71.4 Å². The highest BCUT2D eigenvalue weighted by molar-refractivity contribution is 7.97. The van der Waals surface area contributed by atoms with Gasteiger partial charge in [0.25, 0.3) is 0 Å². The second kappa shape index (κ2) is 40.5. The third-order valence-electron chi connectivity index (χ3n) is 27.0. The van der Waals surface area contributed by atoms with E-state index in [2.05, 4.69) is 190 Å². The fourth-order valence-electron chi connectivity index (χ4n) is 18.9. The molecule has 8 bridgehead atoms. The fraction of sp³-hybridized carbons (Fsp3) is 0.562. The molecule has 9 saturated carbocycles. The maximum absolute atomic E-state index is 12.4. The summed E-state index contributed by atoms with van der Waals surface area (Å²) in [5.74, 6) is -2.05. The van der Waals surface area contributed by atoms with Crippen LogP contribution in [0.4, 0.5) is 0 Å². The van der Waals surface area contributed by atoms with Crippen molar-refractivity contribution in [2.24, 2.45) is 56.7 Å². The molecule has 11 unspecified atom stereocenters. The Bertz CT molecular complexity index is 4580. The number of benzene rings is 6. The molecule has 20 nitrogen and oxygen atoms in total. The lowest BCUT2D eigenvalue weighted by Gasteiger charge is -2.59. The van der Waals surface area contributed by atoms with Gasteiger partial charge in [-0.1, -0.05) is 157 Å². The average Bonchev–Trinajstić information content (AvgIpc) is 1.55. The maximum Gasteiger partial charge on any atom is 0.347 e. The summed E-state index contributed by atoms with van der Waals surface area (Å²) >= 11 is -1.34. The summed E-state index contributed by atoms with van der Waals surface area (Å²) in [6.45, 7) is 25.9. The van der Waals surface area contributed by atoms with Gasteiger partial charge in [-0.05, 0) is 254 Å². The highest BCUT2D eigenvalue weighted by Crippen LogP contribution is 2.64. The smallest absolute Gasteiger partial charge is 0.347 e. The van der Waals surface area contributed by atoms with Crippen LogP contribution in [0.25, 0.3) is 0 Å². The predicted octanol–water partition coefficient (Wildman–Crippen LogP) is 18.1. The Labute approximate surface area is 726 Å². The Balaban J connectivity index is 0.000000149. The Kier molecular flexibility index (Phi) is 32.2. The molecule has 6 aromatic rings. The molecule has 9 aliphatic carbocycles. The molecule has 2 saturated heterocycles. The molecule has 0 spiro atoms. The van der Waals surface area contributed by atoms with Crippen molar-refractivity contribution in [3.63, 3.8) is 0 Å².